The molecule has 2 rings (SSSR count). The zero-order chi connectivity index (χ0) is 26.5. The number of amides is 2. The molecule has 0 spiro atoms. The van der Waals surface area contributed by atoms with Crippen molar-refractivity contribution in [3.63, 3.8) is 0 Å². The third-order valence-electron chi connectivity index (χ3n) is 5.66. The summed E-state index contributed by atoms with van der Waals surface area (Å²) in [7, 11) is -3.80. The highest BCUT2D eigenvalue weighted by Gasteiger charge is 2.32. The summed E-state index contributed by atoms with van der Waals surface area (Å²) in [5.41, 5.74) is 2.75. The van der Waals surface area contributed by atoms with Crippen LogP contribution in [-0.2, 0) is 26.2 Å². The minimum absolute atomic E-state index is 0.0497. The Balaban J connectivity index is 2.52. The van der Waals surface area contributed by atoms with E-state index in [1.807, 2.05) is 27.7 Å². The van der Waals surface area contributed by atoms with E-state index >= 15 is 0 Å². The Morgan fingerprint density at radius 2 is 1.63 bits per heavy atom. The summed E-state index contributed by atoms with van der Waals surface area (Å²) in [4.78, 5) is 28.1. The van der Waals surface area contributed by atoms with Crippen LogP contribution in [-0.4, -0.2) is 50.0 Å². The molecule has 192 valence electrons. The lowest BCUT2D eigenvalue weighted by atomic mass is 10.1. The van der Waals surface area contributed by atoms with Gasteiger partial charge in [0.25, 0.3) is 0 Å². The molecule has 0 saturated carbocycles. The maximum Gasteiger partial charge on any atom is 0.244 e. The molecule has 0 bridgehead atoms. The first-order valence-corrected chi connectivity index (χ1v) is 13.9. The predicted molar refractivity (Wildman–Crippen MR) is 142 cm³/mol. The standard InChI is InChI=1S/C25H33Cl2N3O4S/c1-7-23(25(32)28-16(2)3)29(14-20-21(26)9-8-10-22(20)27)24(31)15-30(35(6,33)34)19-12-11-17(4)18(5)13-19/h8-13,16,23H,7,14-15H2,1-6H3,(H,28,32)/t23-/m1/s1. The van der Waals surface area contributed by atoms with Crippen LogP contribution in [0.4, 0.5) is 5.69 Å². The number of hydrogen-bond acceptors (Lipinski definition) is 4. The number of hydrogen-bond donors (Lipinski definition) is 1. The molecule has 0 unspecified atom stereocenters. The number of rotatable bonds is 10. The number of anilines is 1. The fourth-order valence-corrected chi connectivity index (χ4v) is 5.01. The summed E-state index contributed by atoms with van der Waals surface area (Å²) in [5.74, 6) is -0.883. The lowest BCUT2D eigenvalue weighted by Crippen LogP contribution is -2.53. The highest BCUT2D eigenvalue weighted by molar-refractivity contribution is 7.92. The summed E-state index contributed by atoms with van der Waals surface area (Å²) in [5, 5.41) is 3.54. The van der Waals surface area contributed by atoms with E-state index in [0.29, 0.717) is 27.7 Å². The van der Waals surface area contributed by atoms with Crippen molar-refractivity contribution in [3.8, 4) is 0 Å². The highest BCUT2D eigenvalue weighted by Crippen LogP contribution is 2.28. The zero-order valence-electron chi connectivity index (χ0n) is 20.9. The first kappa shape index (κ1) is 28.9. The van der Waals surface area contributed by atoms with Crippen LogP contribution < -0.4 is 9.62 Å². The van der Waals surface area contributed by atoms with Gasteiger partial charge in [-0.25, -0.2) is 8.42 Å². The summed E-state index contributed by atoms with van der Waals surface area (Å²) in [6, 6.07) is 9.19. The molecule has 0 aliphatic heterocycles. The first-order valence-electron chi connectivity index (χ1n) is 11.3. The Kier molecular flexibility index (Phi) is 10.0. The minimum Gasteiger partial charge on any atom is -0.352 e. The zero-order valence-corrected chi connectivity index (χ0v) is 23.3. The number of benzene rings is 2. The van der Waals surface area contributed by atoms with Crippen molar-refractivity contribution in [3.05, 3.63) is 63.1 Å². The second-order valence-corrected chi connectivity index (χ2v) is 11.6. The van der Waals surface area contributed by atoms with Gasteiger partial charge in [0.2, 0.25) is 21.8 Å². The van der Waals surface area contributed by atoms with E-state index in [4.69, 9.17) is 23.2 Å². The predicted octanol–water partition coefficient (Wildman–Crippen LogP) is 4.71. The lowest BCUT2D eigenvalue weighted by molar-refractivity contribution is -0.140. The molecule has 0 fully saturated rings. The van der Waals surface area contributed by atoms with E-state index in [-0.39, 0.29) is 18.5 Å². The molecule has 2 amide bonds. The van der Waals surface area contributed by atoms with Gasteiger partial charge in [0.05, 0.1) is 11.9 Å². The Hall–Kier alpha value is -2.29. The molecular weight excluding hydrogens is 509 g/mol. The second-order valence-electron chi connectivity index (χ2n) is 8.85. The first-order chi connectivity index (χ1) is 16.3. The van der Waals surface area contributed by atoms with Crippen LogP contribution in [0.1, 0.15) is 43.9 Å². The Labute approximate surface area is 218 Å². The van der Waals surface area contributed by atoms with Crippen molar-refractivity contribution in [2.45, 2.75) is 59.7 Å². The van der Waals surface area contributed by atoms with Gasteiger partial charge in [-0.05, 0) is 69.5 Å². The third-order valence-corrected chi connectivity index (χ3v) is 7.51. The third kappa shape index (κ3) is 7.59. The van der Waals surface area contributed by atoms with Crippen molar-refractivity contribution in [1.29, 1.82) is 0 Å². The molecule has 10 heteroatoms. The molecule has 0 heterocycles. The van der Waals surface area contributed by atoms with Crippen LogP contribution in [0.2, 0.25) is 10.0 Å². The van der Waals surface area contributed by atoms with Crippen LogP contribution in [0.25, 0.3) is 0 Å². The van der Waals surface area contributed by atoms with Crippen molar-refractivity contribution < 1.29 is 18.0 Å². The number of carbonyl (C=O) groups excluding carboxylic acids is 2. The normalized spacial score (nSPS) is 12.4. The molecule has 7 nitrogen and oxygen atoms in total. The van der Waals surface area contributed by atoms with Crippen molar-refractivity contribution in [1.82, 2.24) is 10.2 Å². The Bertz CT molecular complexity index is 1160. The van der Waals surface area contributed by atoms with Gasteiger partial charge in [-0.15, -0.1) is 0 Å². The number of nitrogens with one attached hydrogen (secondary N) is 1. The van der Waals surface area contributed by atoms with Gasteiger partial charge in [0, 0.05) is 28.2 Å². The quantitative estimate of drug-likeness (QED) is 0.471. The maximum absolute atomic E-state index is 13.7. The topological polar surface area (TPSA) is 86.8 Å². The second kappa shape index (κ2) is 12.1. The van der Waals surface area contributed by atoms with Crippen LogP contribution in [0.5, 0.6) is 0 Å². The molecule has 1 atom stereocenters. The van der Waals surface area contributed by atoms with Crippen LogP contribution >= 0.6 is 23.2 Å². The fraction of sp³-hybridized carbons (Fsp3) is 0.440. The number of sulfonamides is 1. The van der Waals surface area contributed by atoms with Gasteiger partial charge in [-0.3, -0.25) is 13.9 Å². The molecule has 0 aliphatic rings. The van der Waals surface area contributed by atoms with E-state index in [2.05, 4.69) is 5.32 Å². The average Bonchev–Trinajstić information content (AvgIpc) is 2.74. The van der Waals surface area contributed by atoms with Crippen LogP contribution in [0, 0.1) is 13.8 Å². The molecule has 0 saturated heterocycles. The van der Waals surface area contributed by atoms with Gasteiger partial charge in [0.15, 0.2) is 0 Å². The van der Waals surface area contributed by atoms with E-state index < -0.39 is 28.5 Å². The number of aryl methyl sites for hydroxylation is 2. The molecule has 35 heavy (non-hydrogen) atoms. The van der Waals surface area contributed by atoms with E-state index in [9.17, 15) is 18.0 Å². The molecule has 1 N–H and O–H groups in total. The van der Waals surface area contributed by atoms with Crippen molar-refractivity contribution in [2.75, 3.05) is 17.1 Å². The van der Waals surface area contributed by atoms with E-state index in [1.54, 1.807) is 43.3 Å². The minimum atomic E-state index is -3.80. The van der Waals surface area contributed by atoms with Crippen LogP contribution in [0.3, 0.4) is 0 Å². The molecule has 2 aromatic rings. The molecule has 0 aromatic heterocycles. The monoisotopic (exact) mass is 541 g/mol. The summed E-state index contributed by atoms with van der Waals surface area (Å²) in [6.07, 6.45) is 1.36. The van der Waals surface area contributed by atoms with Gasteiger partial charge in [0.1, 0.15) is 12.6 Å². The maximum atomic E-state index is 13.7. The molecule has 0 radical (unpaired) electrons. The molecule has 0 aliphatic carbocycles. The molecular formula is C25H33Cl2N3O4S. The Morgan fingerprint density at radius 1 is 1.03 bits per heavy atom. The highest BCUT2D eigenvalue weighted by atomic mass is 35.5. The van der Waals surface area contributed by atoms with Gasteiger partial charge in [-0.2, -0.15) is 0 Å². The lowest BCUT2D eigenvalue weighted by Gasteiger charge is -2.33. The van der Waals surface area contributed by atoms with E-state index in [0.717, 1.165) is 21.7 Å². The number of halogens is 2. The SMILES string of the molecule is CC[C@H](C(=O)NC(C)C)N(Cc1c(Cl)cccc1Cl)C(=O)CN(c1ccc(C)c(C)c1)S(C)(=O)=O. The largest absolute Gasteiger partial charge is 0.352 e. The number of nitrogens with zero attached hydrogens (tertiary/aromatic N) is 2. The summed E-state index contributed by atoms with van der Waals surface area (Å²) < 4.78 is 26.5. The van der Waals surface area contributed by atoms with Gasteiger partial charge in [-0.1, -0.05) is 42.3 Å². The van der Waals surface area contributed by atoms with Crippen molar-refractivity contribution >= 4 is 50.7 Å². The van der Waals surface area contributed by atoms with Crippen LogP contribution in [0.15, 0.2) is 36.4 Å². The van der Waals surface area contributed by atoms with Gasteiger partial charge >= 0.3 is 0 Å². The average molecular weight is 543 g/mol. The summed E-state index contributed by atoms with van der Waals surface area (Å²) >= 11 is 12.7. The van der Waals surface area contributed by atoms with Gasteiger partial charge < -0.3 is 10.2 Å². The summed E-state index contributed by atoms with van der Waals surface area (Å²) in [6.45, 7) is 8.70. The smallest absolute Gasteiger partial charge is 0.244 e. The fourth-order valence-electron chi connectivity index (χ4n) is 3.65. The number of carbonyl (C=O) groups is 2. The molecule has 2 aromatic carbocycles. The Morgan fingerprint density at radius 3 is 2.11 bits per heavy atom. The van der Waals surface area contributed by atoms with Crippen molar-refractivity contribution in [2.24, 2.45) is 0 Å². The van der Waals surface area contributed by atoms with E-state index in [1.165, 1.54) is 4.90 Å².